The van der Waals surface area contributed by atoms with Crippen molar-refractivity contribution in [2.75, 3.05) is 5.88 Å². The fraction of sp³-hybridized carbons (Fsp3) is 0.333. The van der Waals surface area contributed by atoms with Crippen LogP contribution in [0.1, 0.15) is 22.3 Å². The molecule has 1 unspecified atom stereocenters. The Hall–Kier alpha value is -1.27. The summed E-state index contributed by atoms with van der Waals surface area (Å²) in [7, 11) is 0. The zero-order valence-electron chi connectivity index (χ0n) is 11.7. The van der Waals surface area contributed by atoms with Gasteiger partial charge < -0.3 is 0 Å². The topological polar surface area (TPSA) is 0 Å². The predicted molar refractivity (Wildman–Crippen MR) is 84.0 cm³/mol. The Balaban J connectivity index is 2.07. The summed E-state index contributed by atoms with van der Waals surface area (Å²) in [5.41, 5.74) is 5.49. The van der Waals surface area contributed by atoms with Crippen LogP contribution in [0.3, 0.4) is 0 Å². The van der Waals surface area contributed by atoms with Gasteiger partial charge in [0.2, 0.25) is 0 Å². The van der Waals surface area contributed by atoms with Gasteiger partial charge >= 0.3 is 0 Å². The highest BCUT2D eigenvalue weighted by Gasteiger charge is 2.11. The van der Waals surface area contributed by atoms with E-state index in [4.69, 9.17) is 11.6 Å². The van der Waals surface area contributed by atoms with Crippen LogP contribution >= 0.6 is 11.6 Å². The molecule has 1 atom stereocenters. The minimum absolute atomic E-state index is 0.504. The second-order valence-corrected chi connectivity index (χ2v) is 5.65. The first-order valence-electron chi connectivity index (χ1n) is 6.85. The molecule has 0 saturated carbocycles. The molecule has 2 aromatic rings. The molecule has 100 valence electrons. The molecule has 0 radical (unpaired) electrons. The van der Waals surface area contributed by atoms with Crippen LogP contribution < -0.4 is 0 Å². The standard InChI is InChI=1S/C18H21Cl/c1-14-6-5-8-16(10-14)11-17(13-19)12-18-9-4-3-7-15(18)2/h3-10,17H,11-13H2,1-2H3. The quantitative estimate of drug-likeness (QED) is 0.676. The number of aryl methyl sites for hydroxylation is 2. The summed E-state index contributed by atoms with van der Waals surface area (Å²) in [6, 6.07) is 17.3. The SMILES string of the molecule is Cc1cccc(CC(CCl)Cc2ccccc2C)c1. The second-order valence-electron chi connectivity index (χ2n) is 5.34. The Bertz CT molecular complexity index is 531. The summed E-state index contributed by atoms with van der Waals surface area (Å²) in [6.45, 7) is 4.31. The highest BCUT2D eigenvalue weighted by atomic mass is 35.5. The minimum atomic E-state index is 0.504. The molecule has 19 heavy (non-hydrogen) atoms. The van der Waals surface area contributed by atoms with Crippen molar-refractivity contribution in [1.82, 2.24) is 0 Å². The zero-order valence-corrected chi connectivity index (χ0v) is 12.5. The maximum atomic E-state index is 6.16. The Kier molecular flexibility index (Phi) is 5.04. The van der Waals surface area contributed by atoms with Crippen molar-refractivity contribution in [3.8, 4) is 0 Å². The molecule has 1 heteroatoms. The van der Waals surface area contributed by atoms with Crippen LogP contribution in [0.4, 0.5) is 0 Å². The van der Waals surface area contributed by atoms with Gasteiger partial charge in [0.05, 0.1) is 0 Å². The average molecular weight is 273 g/mol. The molecule has 2 rings (SSSR count). The van der Waals surface area contributed by atoms with Crippen molar-refractivity contribution >= 4 is 11.6 Å². The molecular weight excluding hydrogens is 252 g/mol. The first kappa shape index (κ1) is 14.1. The van der Waals surface area contributed by atoms with Gasteiger partial charge in [-0.3, -0.25) is 0 Å². The molecule has 0 aliphatic carbocycles. The highest BCUT2D eigenvalue weighted by Crippen LogP contribution is 2.19. The van der Waals surface area contributed by atoms with Crippen LogP contribution in [-0.4, -0.2) is 5.88 Å². The molecule has 0 aliphatic rings. The van der Waals surface area contributed by atoms with Gasteiger partial charge in [-0.1, -0.05) is 54.1 Å². The van der Waals surface area contributed by atoms with Gasteiger partial charge in [-0.25, -0.2) is 0 Å². The largest absolute Gasteiger partial charge is 0.126 e. The van der Waals surface area contributed by atoms with E-state index in [9.17, 15) is 0 Å². The van der Waals surface area contributed by atoms with Crippen LogP contribution in [0.5, 0.6) is 0 Å². The highest BCUT2D eigenvalue weighted by molar-refractivity contribution is 6.18. The van der Waals surface area contributed by atoms with E-state index in [1.807, 2.05) is 0 Å². The van der Waals surface area contributed by atoms with Crippen LogP contribution in [0.15, 0.2) is 48.5 Å². The molecule has 0 fully saturated rings. The number of rotatable bonds is 5. The number of hydrogen-bond donors (Lipinski definition) is 0. The third-order valence-electron chi connectivity index (χ3n) is 3.59. The van der Waals surface area contributed by atoms with Gasteiger partial charge in [0.25, 0.3) is 0 Å². The monoisotopic (exact) mass is 272 g/mol. The molecule has 2 aromatic carbocycles. The van der Waals surface area contributed by atoms with Gasteiger partial charge in [0.15, 0.2) is 0 Å². The number of hydrogen-bond acceptors (Lipinski definition) is 0. The maximum Gasteiger partial charge on any atom is 0.0258 e. The lowest BCUT2D eigenvalue weighted by Crippen LogP contribution is -2.11. The average Bonchev–Trinajstić information content (AvgIpc) is 2.40. The minimum Gasteiger partial charge on any atom is -0.126 e. The lowest BCUT2D eigenvalue weighted by molar-refractivity contribution is 0.582. The molecule has 0 saturated heterocycles. The van der Waals surface area contributed by atoms with Crippen molar-refractivity contribution in [2.45, 2.75) is 26.7 Å². The van der Waals surface area contributed by atoms with Crippen molar-refractivity contribution in [3.05, 3.63) is 70.8 Å². The van der Waals surface area contributed by atoms with Crippen LogP contribution in [0.25, 0.3) is 0 Å². The molecule has 0 spiro atoms. The van der Waals surface area contributed by atoms with Gasteiger partial charge in [-0.2, -0.15) is 0 Å². The fourth-order valence-electron chi connectivity index (χ4n) is 2.50. The molecule has 0 bridgehead atoms. The molecule has 0 heterocycles. The molecule has 0 nitrogen and oxygen atoms in total. The number of halogens is 1. The van der Waals surface area contributed by atoms with E-state index >= 15 is 0 Å². The summed E-state index contributed by atoms with van der Waals surface area (Å²) in [5, 5.41) is 0. The lowest BCUT2D eigenvalue weighted by Gasteiger charge is -2.16. The zero-order chi connectivity index (χ0) is 13.7. The molecule has 0 aromatic heterocycles. The van der Waals surface area contributed by atoms with E-state index in [0.29, 0.717) is 11.8 Å². The van der Waals surface area contributed by atoms with Gasteiger partial charge in [0.1, 0.15) is 0 Å². The summed E-state index contributed by atoms with van der Waals surface area (Å²) >= 11 is 6.16. The first-order chi connectivity index (χ1) is 9.19. The lowest BCUT2D eigenvalue weighted by atomic mass is 9.92. The van der Waals surface area contributed by atoms with E-state index in [1.165, 1.54) is 22.3 Å². The molecule has 0 N–H and O–H groups in total. The first-order valence-corrected chi connectivity index (χ1v) is 7.38. The van der Waals surface area contributed by atoms with E-state index in [0.717, 1.165) is 12.8 Å². The summed E-state index contributed by atoms with van der Waals surface area (Å²) in [6.07, 6.45) is 2.11. The van der Waals surface area contributed by atoms with Gasteiger partial charge in [-0.05, 0) is 49.3 Å². The third-order valence-corrected chi connectivity index (χ3v) is 4.03. The van der Waals surface area contributed by atoms with Crippen LogP contribution in [0, 0.1) is 19.8 Å². The second kappa shape index (κ2) is 6.77. The normalized spacial score (nSPS) is 12.4. The van der Waals surface area contributed by atoms with E-state index in [1.54, 1.807) is 0 Å². The van der Waals surface area contributed by atoms with E-state index < -0.39 is 0 Å². The van der Waals surface area contributed by atoms with Crippen LogP contribution in [0.2, 0.25) is 0 Å². The fourth-order valence-corrected chi connectivity index (χ4v) is 2.72. The summed E-state index contributed by atoms with van der Waals surface area (Å²) < 4.78 is 0. The van der Waals surface area contributed by atoms with E-state index in [-0.39, 0.29) is 0 Å². The van der Waals surface area contributed by atoms with Gasteiger partial charge in [0, 0.05) is 5.88 Å². The smallest absolute Gasteiger partial charge is 0.0258 e. The third kappa shape index (κ3) is 4.11. The number of benzene rings is 2. The van der Waals surface area contributed by atoms with Gasteiger partial charge in [-0.15, -0.1) is 11.6 Å². The summed E-state index contributed by atoms with van der Waals surface area (Å²) in [5.74, 6) is 1.21. The van der Waals surface area contributed by atoms with Crippen LogP contribution in [-0.2, 0) is 12.8 Å². The summed E-state index contributed by atoms with van der Waals surface area (Å²) in [4.78, 5) is 0. The Labute approximate surface area is 121 Å². The van der Waals surface area contributed by atoms with E-state index in [2.05, 4.69) is 62.4 Å². The van der Waals surface area contributed by atoms with Crippen molar-refractivity contribution in [1.29, 1.82) is 0 Å². The Morgan fingerprint density at radius 2 is 1.74 bits per heavy atom. The maximum absolute atomic E-state index is 6.16. The van der Waals surface area contributed by atoms with Crippen molar-refractivity contribution < 1.29 is 0 Å². The van der Waals surface area contributed by atoms with Crippen molar-refractivity contribution in [3.63, 3.8) is 0 Å². The Morgan fingerprint density at radius 3 is 2.42 bits per heavy atom. The molecule has 0 amide bonds. The Morgan fingerprint density at radius 1 is 0.947 bits per heavy atom. The predicted octanol–water partition coefficient (Wildman–Crippen LogP) is 4.94. The number of alkyl halides is 1. The van der Waals surface area contributed by atoms with Crippen molar-refractivity contribution in [2.24, 2.45) is 5.92 Å². The molecular formula is C18H21Cl. The molecule has 0 aliphatic heterocycles.